The smallest absolute Gasteiger partial charge is 0.264 e. The van der Waals surface area contributed by atoms with Gasteiger partial charge in [0.25, 0.3) is 10.1 Å². The molecule has 0 N–H and O–H groups in total. The van der Waals surface area contributed by atoms with Gasteiger partial charge in [0.05, 0.1) is 19.0 Å². The second kappa shape index (κ2) is 4.69. The van der Waals surface area contributed by atoms with Crippen molar-refractivity contribution in [3.63, 3.8) is 0 Å². The van der Waals surface area contributed by atoms with Crippen LogP contribution in [-0.2, 0) is 19.0 Å². The van der Waals surface area contributed by atoms with Crippen LogP contribution in [0.5, 0.6) is 0 Å². The Morgan fingerprint density at radius 2 is 2.00 bits per heavy atom. The van der Waals surface area contributed by atoms with Crippen molar-refractivity contribution in [2.24, 2.45) is 0 Å². The van der Waals surface area contributed by atoms with Crippen molar-refractivity contribution in [2.75, 3.05) is 19.5 Å². The van der Waals surface area contributed by atoms with Crippen LogP contribution in [0.3, 0.4) is 0 Å². The van der Waals surface area contributed by atoms with Gasteiger partial charge in [0.15, 0.2) is 0 Å². The van der Waals surface area contributed by atoms with Gasteiger partial charge in [0, 0.05) is 6.61 Å². The van der Waals surface area contributed by atoms with E-state index in [9.17, 15) is 8.42 Å². The molecule has 0 heterocycles. The third kappa shape index (κ3) is 7.77. The molecule has 4 nitrogen and oxygen atoms in total. The first-order valence-electron chi connectivity index (χ1n) is 3.41. The van der Waals surface area contributed by atoms with Crippen molar-refractivity contribution in [1.29, 1.82) is 0 Å². The summed E-state index contributed by atoms with van der Waals surface area (Å²) in [5, 5.41) is 0. The first-order chi connectivity index (χ1) is 4.95. The minimum absolute atomic E-state index is 0.0900. The summed E-state index contributed by atoms with van der Waals surface area (Å²) in [5.41, 5.74) is 0. The highest BCUT2D eigenvalue weighted by Crippen LogP contribution is 1.94. The SMILES string of the molecule is CCOC(C)COS(C)(=O)=O. The molecule has 0 aliphatic rings. The van der Waals surface area contributed by atoms with Gasteiger partial charge in [-0.05, 0) is 13.8 Å². The molecule has 0 fully saturated rings. The van der Waals surface area contributed by atoms with Gasteiger partial charge in [-0.15, -0.1) is 0 Å². The fraction of sp³-hybridized carbons (Fsp3) is 1.00. The third-order valence-corrected chi connectivity index (χ3v) is 1.53. The van der Waals surface area contributed by atoms with Gasteiger partial charge < -0.3 is 4.74 Å². The van der Waals surface area contributed by atoms with Crippen molar-refractivity contribution >= 4 is 10.1 Å². The van der Waals surface area contributed by atoms with Crippen LogP contribution in [0.4, 0.5) is 0 Å². The summed E-state index contributed by atoms with van der Waals surface area (Å²) in [5.74, 6) is 0. The zero-order chi connectivity index (χ0) is 8.91. The van der Waals surface area contributed by atoms with Crippen molar-refractivity contribution in [1.82, 2.24) is 0 Å². The Kier molecular flexibility index (Phi) is 4.63. The summed E-state index contributed by atoms with van der Waals surface area (Å²) in [6.45, 7) is 4.26. The van der Waals surface area contributed by atoms with Crippen molar-refractivity contribution < 1.29 is 17.3 Å². The summed E-state index contributed by atoms with van der Waals surface area (Å²) in [4.78, 5) is 0. The van der Waals surface area contributed by atoms with E-state index in [1.54, 1.807) is 6.92 Å². The van der Waals surface area contributed by atoms with E-state index in [0.717, 1.165) is 6.26 Å². The molecule has 0 aromatic carbocycles. The molecule has 5 heteroatoms. The van der Waals surface area contributed by atoms with Crippen LogP contribution >= 0.6 is 0 Å². The van der Waals surface area contributed by atoms with E-state index >= 15 is 0 Å². The van der Waals surface area contributed by atoms with Gasteiger partial charge in [-0.2, -0.15) is 8.42 Å². The van der Waals surface area contributed by atoms with Crippen LogP contribution in [0.1, 0.15) is 13.8 Å². The largest absolute Gasteiger partial charge is 0.376 e. The second-order valence-corrected chi connectivity index (χ2v) is 3.90. The van der Waals surface area contributed by atoms with Crippen LogP contribution < -0.4 is 0 Å². The number of hydrogen-bond donors (Lipinski definition) is 0. The van der Waals surface area contributed by atoms with Gasteiger partial charge >= 0.3 is 0 Å². The predicted molar refractivity (Wildman–Crippen MR) is 41.9 cm³/mol. The molecule has 1 atom stereocenters. The standard InChI is InChI=1S/C6H14O4S/c1-4-9-6(2)5-10-11(3,7)8/h6H,4-5H2,1-3H3. The minimum atomic E-state index is -3.32. The summed E-state index contributed by atoms with van der Waals surface area (Å²) in [6, 6.07) is 0. The zero-order valence-corrected chi connectivity index (χ0v) is 7.85. The fourth-order valence-electron chi connectivity index (χ4n) is 0.552. The van der Waals surface area contributed by atoms with Gasteiger partial charge in [-0.25, -0.2) is 0 Å². The van der Waals surface area contributed by atoms with E-state index in [-0.39, 0.29) is 12.7 Å². The van der Waals surface area contributed by atoms with E-state index < -0.39 is 10.1 Å². The lowest BCUT2D eigenvalue weighted by Gasteiger charge is -2.09. The fourth-order valence-corrected chi connectivity index (χ4v) is 0.991. The van der Waals surface area contributed by atoms with Crippen molar-refractivity contribution in [2.45, 2.75) is 20.0 Å². The third-order valence-electron chi connectivity index (χ3n) is 0.968. The molecule has 0 aliphatic carbocycles. The Labute approximate surface area is 67.6 Å². The molecule has 68 valence electrons. The molecule has 0 saturated carbocycles. The lowest BCUT2D eigenvalue weighted by molar-refractivity contribution is 0.0423. The van der Waals surface area contributed by atoms with E-state index in [4.69, 9.17) is 4.74 Å². The lowest BCUT2D eigenvalue weighted by atomic mass is 10.4. The molecule has 0 radical (unpaired) electrons. The van der Waals surface area contributed by atoms with E-state index in [1.807, 2.05) is 6.92 Å². The second-order valence-electron chi connectivity index (χ2n) is 2.25. The zero-order valence-electron chi connectivity index (χ0n) is 7.03. The summed E-state index contributed by atoms with van der Waals surface area (Å²) in [6.07, 6.45) is 0.848. The molecular formula is C6H14O4S. The van der Waals surface area contributed by atoms with Gasteiger partial charge in [0.2, 0.25) is 0 Å². The molecular weight excluding hydrogens is 168 g/mol. The summed E-state index contributed by atoms with van der Waals surface area (Å²) < 4.78 is 30.5. The normalized spacial score (nSPS) is 14.8. The molecule has 0 saturated heterocycles. The van der Waals surface area contributed by atoms with Crippen molar-refractivity contribution in [3.8, 4) is 0 Å². The van der Waals surface area contributed by atoms with Crippen LogP contribution in [0.25, 0.3) is 0 Å². The van der Waals surface area contributed by atoms with E-state index in [1.165, 1.54) is 0 Å². The highest BCUT2D eigenvalue weighted by atomic mass is 32.2. The molecule has 0 spiro atoms. The topological polar surface area (TPSA) is 52.6 Å². The Hall–Kier alpha value is -0.130. The highest BCUT2D eigenvalue weighted by molar-refractivity contribution is 7.85. The van der Waals surface area contributed by atoms with Crippen LogP contribution in [0, 0.1) is 0 Å². The monoisotopic (exact) mass is 182 g/mol. The average Bonchev–Trinajstić information content (AvgIpc) is 1.83. The molecule has 0 bridgehead atoms. The van der Waals surface area contributed by atoms with Gasteiger partial charge in [-0.1, -0.05) is 0 Å². The summed E-state index contributed by atoms with van der Waals surface area (Å²) in [7, 11) is -3.32. The quantitative estimate of drug-likeness (QED) is 0.577. The predicted octanol–water partition coefficient (Wildman–Crippen LogP) is 0.388. The Morgan fingerprint density at radius 3 is 2.36 bits per heavy atom. The molecule has 0 aromatic heterocycles. The number of rotatable bonds is 5. The Bertz CT molecular complexity index is 185. The van der Waals surface area contributed by atoms with Crippen molar-refractivity contribution in [3.05, 3.63) is 0 Å². The average molecular weight is 182 g/mol. The molecule has 0 amide bonds. The van der Waals surface area contributed by atoms with E-state index in [2.05, 4.69) is 4.18 Å². The maximum Gasteiger partial charge on any atom is 0.264 e. The maximum atomic E-state index is 10.5. The van der Waals surface area contributed by atoms with Crippen LogP contribution in [0.15, 0.2) is 0 Å². The van der Waals surface area contributed by atoms with Crippen LogP contribution in [0.2, 0.25) is 0 Å². The Morgan fingerprint density at radius 1 is 1.45 bits per heavy atom. The number of ether oxygens (including phenoxy) is 1. The molecule has 0 aliphatic heterocycles. The van der Waals surface area contributed by atoms with Gasteiger partial charge in [-0.3, -0.25) is 4.18 Å². The maximum absolute atomic E-state index is 10.5. The minimum Gasteiger partial charge on any atom is -0.376 e. The van der Waals surface area contributed by atoms with Gasteiger partial charge in [0.1, 0.15) is 0 Å². The first kappa shape index (κ1) is 10.9. The Balaban J connectivity index is 3.54. The first-order valence-corrected chi connectivity index (χ1v) is 5.23. The number of hydrogen-bond acceptors (Lipinski definition) is 4. The van der Waals surface area contributed by atoms with E-state index in [0.29, 0.717) is 6.61 Å². The molecule has 1 unspecified atom stereocenters. The molecule has 0 rings (SSSR count). The highest BCUT2D eigenvalue weighted by Gasteiger charge is 2.06. The molecule has 11 heavy (non-hydrogen) atoms. The lowest BCUT2D eigenvalue weighted by Crippen LogP contribution is -2.18. The summed E-state index contributed by atoms with van der Waals surface area (Å²) >= 11 is 0. The molecule has 0 aromatic rings. The van der Waals surface area contributed by atoms with Crippen LogP contribution in [-0.4, -0.2) is 34.0 Å².